The van der Waals surface area contributed by atoms with E-state index in [0.717, 1.165) is 47.3 Å². The minimum Gasteiger partial charge on any atom is -0.323 e. The van der Waals surface area contributed by atoms with Crippen molar-refractivity contribution in [3.63, 3.8) is 0 Å². The van der Waals surface area contributed by atoms with Gasteiger partial charge in [0.1, 0.15) is 14.1 Å². The van der Waals surface area contributed by atoms with E-state index >= 15 is 0 Å². The molecule has 1 fully saturated rings. The Hall–Kier alpha value is -2.71. The quantitative estimate of drug-likeness (QED) is 0.394. The second-order valence-corrected chi connectivity index (χ2v) is 12.4. The van der Waals surface area contributed by atoms with Crippen LogP contribution in [0.5, 0.6) is 0 Å². The van der Waals surface area contributed by atoms with Crippen LogP contribution < -0.4 is 14.8 Å². The maximum atomic E-state index is 12.7. The number of anilines is 1. The average molecular weight is 496 g/mol. The smallest absolute Gasteiger partial charge is 0.237 e. The summed E-state index contributed by atoms with van der Waals surface area (Å²) in [7, 11) is 0.884. The molecule has 4 aliphatic rings. The van der Waals surface area contributed by atoms with Gasteiger partial charge in [0.05, 0.1) is 32.6 Å². The molecule has 0 aromatic heterocycles. The van der Waals surface area contributed by atoms with Crippen LogP contribution >= 0.6 is 11.3 Å². The van der Waals surface area contributed by atoms with Gasteiger partial charge in [-0.3, -0.25) is 4.31 Å². The summed E-state index contributed by atoms with van der Waals surface area (Å²) in [5.74, 6) is 0. The Morgan fingerprint density at radius 2 is 1.79 bits per heavy atom. The van der Waals surface area contributed by atoms with Gasteiger partial charge in [0.25, 0.3) is 0 Å². The van der Waals surface area contributed by atoms with E-state index in [9.17, 15) is 8.42 Å². The van der Waals surface area contributed by atoms with Crippen LogP contribution in [0.1, 0.15) is 37.8 Å². The second-order valence-electron chi connectivity index (χ2n) is 9.12. The third kappa shape index (κ3) is 4.14. The molecule has 2 aliphatic heterocycles. The van der Waals surface area contributed by atoms with Crippen LogP contribution in [0.25, 0.3) is 20.8 Å². The van der Waals surface area contributed by atoms with Gasteiger partial charge in [0.15, 0.2) is 0 Å². The number of rotatable bonds is 5. The highest BCUT2D eigenvalue weighted by Crippen LogP contribution is 2.37. The summed E-state index contributed by atoms with van der Waals surface area (Å²) in [5, 5.41) is 0.967. The minimum absolute atomic E-state index is 0.217. The van der Waals surface area contributed by atoms with Gasteiger partial charge < -0.3 is 4.90 Å². The highest BCUT2D eigenvalue weighted by Gasteiger charge is 2.39. The molecular formula is C26H31N4O2S2+. The summed E-state index contributed by atoms with van der Waals surface area (Å²) in [6, 6.07) is 8.80. The fraction of sp³-hybridized carbons (Fsp3) is 0.385. The third-order valence-electron chi connectivity index (χ3n) is 6.51. The average Bonchev–Trinajstić information content (AvgIpc) is 3.68. The van der Waals surface area contributed by atoms with Gasteiger partial charge in [-0.25, -0.2) is 18.0 Å². The summed E-state index contributed by atoms with van der Waals surface area (Å²) in [6.07, 6.45) is 10.8. The summed E-state index contributed by atoms with van der Waals surface area (Å²) in [6.45, 7) is 4.70. The maximum Gasteiger partial charge on any atom is 0.237 e. The zero-order valence-corrected chi connectivity index (χ0v) is 21.8. The van der Waals surface area contributed by atoms with Crippen molar-refractivity contribution in [1.82, 2.24) is 13.9 Å². The van der Waals surface area contributed by atoms with E-state index < -0.39 is 10.0 Å². The lowest BCUT2D eigenvalue weighted by Crippen LogP contribution is -2.29. The summed E-state index contributed by atoms with van der Waals surface area (Å²) < 4.78 is 30.1. The molecule has 5 rings (SSSR count). The normalized spacial score (nSPS) is 16.5. The molecule has 0 saturated heterocycles. The summed E-state index contributed by atoms with van der Waals surface area (Å²) in [4.78, 5) is 8.33. The maximum absolute atomic E-state index is 12.7. The van der Waals surface area contributed by atoms with E-state index in [1.54, 1.807) is 17.5 Å². The Balaban J connectivity index is 1.62. The first-order valence-electron chi connectivity index (χ1n) is 11.9. The zero-order chi connectivity index (χ0) is 24.0. The van der Waals surface area contributed by atoms with Gasteiger partial charge in [-0.1, -0.05) is 13.8 Å². The molecule has 2 aliphatic carbocycles. The molecule has 0 amide bonds. The molecule has 0 N–H and O–H groups in total. The van der Waals surface area contributed by atoms with Crippen LogP contribution in [0.15, 0.2) is 48.9 Å². The predicted octanol–water partition coefficient (Wildman–Crippen LogP) is 4.16. The predicted molar refractivity (Wildman–Crippen MR) is 142 cm³/mol. The molecule has 8 heteroatoms. The van der Waals surface area contributed by atoms with Crippen molar-refractivity contribution in [1.29, 1.82) is 0 Å². The summed E-state index contributed by atoms with van der Waals surface area (Å²) in [5.41, 5.74) is 5.61. The molecule has 0 radical (unpaired) electrons. The van der Waals surface area contributed by atoms with E-state index in [2.05, 4.69) is 56.8 Å². The third-order valence-corrected chi connectivity index (χ3v) is 9.82. The molecule has 0 spiro atoms. The van der Waals surface area contributed by atoms with Crippen molar-refractivity contribution >= 4 is 37.3 Å². The Morgan fingerprint density at radius 1 is 1.03 bits per heavy atom. The zero-order valence-electron chi connectivity index (χ0n) is 20.2. The standard InChI is InChI=1S/C26H31N4O2S2/c1-5-18-14-20(28(3)4)16-23-25(18)27-26-19(6-2)15-21(17-24(26)33-23)29-10-7-11-30(13-12-29)34(31,32)22-8-9-22/h7,10,12-17,22H,5-6,8-9,11H2,1-4H3/q+1. The summed E-state index contributed by atoms with van der Waals surface area (Å²) >= 11 is 1.77. The van der Waals surface area contributed by atoms with Crippen molar-refractivity contribution in [2.24, 2.45) is 0 Å². The molecule has 0 unspecified atom stereocenters. The van der Waals surface area contributed by atoms with Gasteiger partial charge in [0.2, 0.25) is 15.4 Å². The largest absolute Gasteiger partial charge is 0.323 e. The van der Waals surface area contributed by atoms with Gasteiger partial charge in [-0.15, -0.1) is 11.3 Å². The fourth-order valence-electron chi connectivity index (χ4n) is 4.32. The number of benzene rings is 2. The molecule has 2 heterocycles. The van der Waals surface area contributed by atoms with Gasteiger partial charge in [-0.05, 0) is 55.0 Å². The highest BCUT2D eigenvalue weighted by atomic mass is 32.2. The van der Waals surface area contributed by atoms with Crippen LogP contribution in [0.3, 0.4) is 0 Å². The Bertz CT molecular complexity index is 1460. The molecule has 0 bridgehead atoms. The number of nitrogens with zero attached hydrogens (tertiary/aromatic N) is 4. The molecule has 6 nitrogen and oxygen atoms in total. The lowest BCUT2D eigenvalue weighted by Gasteiger charge is -2.19. The van der Waals surface area contributed by atoms with E-state index in [-0.39, 0.29) is 5.25 Å². The SMILES string of the molecule is CCc1cc(=[N+](C)C)cc2sc3cc(N4C=CCN(S(=O)(=O)C5CC5)C=C4)cc(CC)c3nc1-2. The number of aryl methyl sites for hydroxylation is 2. The van der Waals surface area contributed by atoms with Crippen molar-refractivity contribution in [2.75, 3.05) is 25.5 Å². The number of aromatic nitrogens is 1. The topological polar surface area (TPSA) is 56.5 Å². The van der Waals surface area contributed by atoms with Crippen LogP contribution in [0, 0.1) is 0 Å². The Kier molecular flexibility index (Phi) is 5.98. The minimum atomic E-state index is -3.25. The fourth-order valence-corrected chi connectivity index (χ4v) is 7.10. The molecule has 178 valence electrons. The number of hydrogen-bond acceptors (Lipinski definition) is 5. The van der Waals surface area contributed by atoms with E-state index in [1.165, 1.54) is 25.7 Å². The molecular weight excluding hydrogens is 464 g/mol. The monoisotopic (exact) mass is 495 g/mol. The molecule has 0 atom stereocenters. The first kappa shape index (κ1) is 23.1. The van der Waals surface area contributed by atoms with E-state index in [1.807, 2.05) is 23.4 Å². The molecule has 34 heavy (non-hydrogen) atoms. The van der Waals surface area contributed by atoms with Crippen LogP contribution in [0.2, 0.25) is 0 Å². The van der Waals surface area contributed by atoms with Crippen molar-refractivity contribution in [3.8, 4) is 10.6 Å². The second kappa shape index (κ2) is 8.82. The molecule has 1 saturated carbocycles. The van der Waals surface area contributed by atoms with Crippen LogP contribution in [0.4, 0.5) is 5.69 Å². The van der Waals surface area contributed by atoms with Crippen molar-refractivity contribution in [2.45, 2.75) is 44.8 Å². The van der Waals surface area contributed by atoms with Crippen molar-refractivity contribution in [3.05, 3.63) is 65.4 Å². The lowest BCUT2D eigenvalue weighted by molar-refractivity contribution is 0.521. The van der Waals surface area contributed by atoms with Crippen LogP contribution in [-0.2, 0) is 22.9 Å². The van der Waals surface area contributed by atoms with E-state index in [4.69, 9.17) is 4.98 Å². The van der Waals surface area contributed by atoms with Crippen molar-refractivity contribution < 1.29 is 8.42 Å². The van der Waals surface area contributed by atoms with Crippen LogP contribution in [-0.4, -0.2) is 43.6 Å². The first-order chi connectivity index (χ1) is 16.3. The van der Waals surface area contributed by atoms with E-state index in [0.29, 0.717) is 6.54 Å². The number of sulfonamides is 1. The first-order valence-corrected chi connectivity index (χ1v) is 14.2. The lowest BCUT2D eigenvalue weighted by atomic mass is 10.1. The van der Waals surface area contributed by atoms with Gasteiger partial charge >= 0.3 is 0 Å². The number of fused-ring (bicyclic) bond motifs is 2. The molecule has 1 aromatic rings. The number of hydrogen-bond donors (Lipinski definition) is 0. The Labute approximate surface area is 205 Å². The highest BCUT2D eigenvalue weighted by molar-refractivity contribution is 7.90. The van der Waals surface area contributed by atoms with Gasteiger partial charge in [-0.2, -0.15) is 0 Å². The Morgan fingerprint density at radius 3 is 2.47 bits per heavy atom. The van der Waals surface area contributed by atoms with Gasteiger partial charge in [0, 0.05) is 36.4 Å². The molecule has 1 aromatic carbocycles.